The number of anilines is 1. The fourth-order valence-electron chi connectivity index (χ4n) is 1.88. The highest BCUT2D eigenvalue weighted by Crippen LogP contribution is 2.26. The number of methoxy groups -OCH3 is 1. The molecule has 6 heteroatoms. The summed E-state index contributed by atoms with van der Waals surface area (Å²) in [5, 5.41) is 9.08. The van der Waals surface area contributed by atoms with Crippen molar-refractivity contribution >= 4 is 34.0 Å². The zero-order chi connectivity index (χ0) is 15.4. The first-order valence-corrected chi connectivity index (χ1v) is 8.45. The van der Waals surface area contributed by atoms with Gasteiger partial charge in [-0.25, -0.2) is 4.98 Å². The molecule has 3 aromatic rings. The molecule has 0 aliphatic heterocycles. The van der Waals surface area contributed by atoms with Gasteiger partial charge in [-0.1, -0.05) is 0 Å². The lowest BCUT2D eigenvalue weighted by atomic mass is 10.2. The number of hydrogen-bond donors (Lipinski definition) is 1. The summed E-state index contributed by atoms with van der Waals surface area (Å²) < 4.78 is 5.16. The molecule has 1 N–H and O–H groups in total. The lowest BCUT2D eigenvalue weighted by Crippen LogP contribution is -1.89. The minimum atomic E-state index is 0.774. The number of nitrogens with zero attached hydrogens (tertiary/aromatic N) is 2. The first kappa shape index (κ1) is 14.7. The molecule has 3 rings (SSSR count). The molecule has 0 saturated heterocycles. The average Bonchev–Trinajstić information content (AvgIpc) is 3.17. The van der Waals surface area contributed by atoms with Crippen LogP contribution in [0, 0.1) is 6.92 Å². The fourth-order valence-corrected chi connectivity index (χ4v) is 3.34. The van der Waals surface area contributed by atoms with Crippen molar-refractivity contribution in [2.45, 2.75) is 6.92 Å². The number of thiophene rings is 1. The lowest BCUT2D eigenvalue weighted by molar-refractivity contribution is 0.415. The SMILES string of the molecule is COc1ccc(-c2csc(N/N=C\c3sccc3C)n2)cc1. The molecule has 0 unspecified atom stereocenters. The molecule has 4 nitrogen and oxygen atoms in total. The van der Waals surface area contributed by atoms with Gasteiger partial charge in [-0.2, -0.15) is 5.10 Å². The van der Waals surface area contributed by atoms with E-state index in [1.54, 1.807) is 18.4 Å². The predicted octanol–water partition coefficient (Wildman–Crippen LogP) is 4.63. The number of rotatable bonds is 5. The maximum atomic E-state index is 5.16. The molecule has 2 aromatic heterocycles. The zero-order valence-corrected chi connectivity index (χ0v) is 13.9. The topological polar surface area (TPSA) is 46.5 Å². The summed E-state index contributed by atoms with van der Waals surface area (Å²) in [6, 6.07) is 9.93. The number of hydrazone groups is 1. The van der Waals surface area contributed by atoms with E-state index in [1.807, 2.05) is 35.9 Å². The van der Waals surface area contributed by atoms with Crippen molar-refractivity contribution in [1.82, 2.24) is 4.98 Å². The third kappa shape index (κ3) is 3.35. The molecule has 0 atom stereocenters. The van der Waals surface area contributed by atoms with Crippen molar-refractivity contribution in [2.75, 3.05) is 12.5 Å². The normalized spacial score (nSPS) is 11.0. The van der Waals surface area contributed by atoms with Gasteiger partial charge < -0.3 is 4.74 Å². The van der Waals surface area contributed by atoms with Crippen LogP contribution in [-0.2, 0) is 0 Å². The second-order valence-electron chi connectivity index (χ2n) is 4.60. The van der Waals surface area contributed by atoms with Crippen molar-refractivity contribution < 1.29 is 4.74 Å². The Morgan fingerprint density at radius 3 is 2.68 bits per heavy atom. The van der Waals surface area contributed by atoms with Gasteiger partial charge >= 0.3 is 0 Å². The number of aromatic nitrogens is 1. The molecule has 0 spiro atoms. The summed E-state index contributed by atoms with van der Waals surface area (Å²) in [6.45, 7) is 2.07. The summed E-state index contributed by atoms with van der Waals surface area (Å²) in [5.74, 6) is 0.841. The van der Waals surface area contributed by atoms with E-state index in [-0.39, 0.29) is 0 Å². The highest BCUT2D eigenvalue weighted by molar-refractivity contribution is 7.14. The molecular formula is C16H15N3OS2. The molecule has 2 heterocycles. The minimum absolute atomic E-state index is 0.774. The monoisotopic (exact) mass is 329 g/mol. The van der Waals surface area contributed by atoms with Crippen LogP contribution in [0.1, 0.15) is 10.4 Å². The van der Waals surface area contributed by atoms with E-state index < -0.39 is 0 Å². The molecule has 0 amide bonds. The highest BCUT2D eigenvalue weighted by atomic mass is 32.1. The summed E-state index contributed by atoms with van der Waals surface area (Å²) in [7, 11) is 1.66. The quantitative estimate of drug-likeness (QED) is 0.548. The Balaban J connectivity index is 1.68. The number of hydrogen-bond acceptors (Lipinski definition) is 6. The van der Waals surface area contributed by atoms with Gasteiger partial charge in [0.15, 0.2) is 0 Å². The van der Waals surface area contributed by atoms with Crippen LogP contribution in [0.3, 0.4) is 0 Å². The van der Waals surface area contributed by atoms with Crippen LogP contribution in [0.15, 0.2) is 46.2 Å². The standard InChI is InChI=1S/C16H15N3OS2/c1-11-7-8-21-15(11)9-17-19-16-18-14(10-22-16)12-3-5-13(20-2)6-4-12/h3-10H,1-2H3,(H,18,19)/b17-9-. The second-order valence-corrected chi connectivity index (χ2v) is 6.41. The summed E-state index contributed by atoms with van der Waals surface area (Å²) in [6.07, 6.45) is 1.83. The van der Waals surface area contributed by atoms with Gasteiger partial charge in [0.2, 0.25) is 5.13 Å². The van der Waals surface area contributed by atoms with Crippen LogP contribution in [0.25, 0.3) is 11.3 Å². The Kier molecular flexibility index (Phi) is 4.50. The minimum Gasteiger partial charge on any atom is -0.497 e. The molecule has 0 saturated carbocycles. The Hall–Kier alpha value is -2.18. The molecule has 0 aliphatic rings. The first-order chi connectivity index (χ1) is 10.8. The van der Waals surface area contributed by atoms with Gasteiger partial charge in [0.25, 0.3) is 0 Å². The van der Waals surface area contributed by atoms with Gasteiger partial charge in [-0.15, -0.1) is 22.7 Å². The fraction of sp³-hybridized carbons (Fsp3) is 0.125. The molecule has 0 radical (unpaired) electrons. The van der Waals surface area contributed by atoms with Crippen LogP contribution in [0.4, 0.5) is 5.13 Å². The average molecular weight is 329 g/mol. The lowest BCUT2D eigenvalue weighted by Gasteiger charge is -2.00. The Bertz CT molecular complexity index is 775. The Morgan fingerprint density at radius 1 is 1.18 bits per heavy atom. The van der Waals surface area contributed by atoms with E-state index in [0.29, 0.717) is 0 Å². The predicted molar refractivity (Wildman–Crippen MR) is 94.4 cm³/mol. The maximum absolute atomic E-state index is 5.16. The Morgan fingerprint density at radius 2 is 2.00 bits per heavy atom. The molecule has 0 aliphatic carbocycles. The van der Waals surface area contributed by atoms with E-state index in [1.165, 1.54) is 16.9 Å². The highest BCUT2D eigenvalue weighted by Gasteiger charge is 2.04. The van der Waals surface area contributed by atoms with Crippen LogP contribution >= 0.6 is 22.7 Å². The van der Waals surface area contributed by atoms with Crippen molar-refractivity contribution in [1.29, 1.82) is 0 Å². The van der Waals surface area contributed by atoms with Gasteiger partial charge in [0.1, 0.15) is 5.75 Å². The van der Waals surface area contributed by atoms with Crippen LogP contribution in [0.2, 0.25) is 0 Å². The van der Waals surface area contributed by atoms with Gasteiger partial charge in [-0.05, 0) is 48.2 Å². The summed E-state index contributed by atoms with van der Waals surface area (Å²) in [5.41, 5.74) is 6.20. The number of nitrogens with one attached hydrogen (secondary N) is 1. The van der Waals surface area contributed by atoms with Gasteiger partial charge in [-0.3, -0.25) is 5.43 Å². The summed E-state index contributed by atoms with van der Waals surface area (Å²) >= 11 is 3.20. The Labute approximate surface area is 137 Å². The number of aryl methyl sites for hydroxylation is 1. The van der Waals surface area contributed by atoms with Crippen molar-refractivity contribution in [3.8, 4) is 17.0 Å². The molecule has 0 fully saturated rings. The van der Waals surface area contributed by atoms with Crippen LogP contribution in [0.5, 0.6) is 5.75 Å². The number of thiazole rings is 1. The van der Waals surface area contributed by atoms with Gasteiger partial charge in [0.05, 0.1) is 19.0 Å². The van der Waals surface area contributed by atoms with Gasteiger partial charge in [0, 0.05) is 15.8 Å². The first-order valence-electron chi connectivity index (χ1n) is 6.69. The molecule has 112 valence electrons. The smallest absolute Gasteiger partial charge is 0.203 e. The van der Waals surface area contributed by atoms with Crippen molar-refractivity contribution in [2.24, 2.45) is 5.10 Å². The molecule has 22 heavy (non-hydrogen) atoms. The zero-order valence-electron chi connectivity index (χ0n) is 12.2. The molecule has 0 bridgehead atoms. The van der Waals surface area contributed by atoms with Crippen LogP contribution < -0.4 is 10.2 Å². The summed E-state index contributed by atoms with van der Waals surface area (Å²) in [4.78, 5) is 5.69. The van der Waals surface area contributed by atoms with Crippen LogP contribution in [-0.4, -0.2) is 18.3 Å². The largest absolute Gasteiger partial charge is 0.497 e. The maximum Gasteiger partial charge on any atom is 0.203 e. The number of benzene rings is 1. The van der Waals surface area contributed by atoms with E-state index in [2.05, 4.69) is 33.9 Å². The second kappa shape index (κ2) is 6.72. The third-order valence-corrected chi connectivity index (χ3v) is 4.83. The number of ether oxygens (including phenoxy) is 1. The third-order valence-electron chi connectivity index (χ3n) is 3.13. The van der Waals surface area contributed by atoms with Crippen molar-refractivity contribution in [3.05, 3.63) is 51.5 Å². The van der Waals surface area contributed by atoms with E-state index in [0.717, 1.165) is 27.0 Å². The molecular weight excluding hydrogens is 314 g/mol. The van der Waals surface area contributed by atoms with E-state index in [4.69, 9.17) is 4.74 Å². The van der Waals surface area contributed by atoms with E-state index >= 15 is 0 Å². The van der Waals surface area contributed by atoms with Crippen molar-refractivity contribution in [3.63, 3.8) is 0 Å². The van der Waals surface area contributed by atoms with E-state index in [9.17, 15) is 0 Å². The molecule has 1 aromatic carbocycles.